The van der Waals surface area contributed by atoms with E-state index in [0.29, 0.717) is 12.1 Å². The van der Waals surface area contributed by atoms with Gasteiger partial charge in [0.05, 0.1) is 12.2 Å². The van der Waals surface area contributed by atoms with E-state index in [4.69, 9.17) is 0 Å². The zero-order valence-electron chi connectivity index (χ0n) is 10.2. The van der Waals surface area contributed by atoms with E-state index >= 15 is 0 Å². The van der Waals surface area contributed by atoms with Gasteiger partial charge in [0.2, 0.25) is 0 Å². The number of benzene rings is 1. The molecule has 0 aliphatic rings. The monoisotopic (exact) mass is 262 g/mol. The highest BCUT2D eigenvalue weighted by molar-refractivity contribution is 7.03. The van der Waals surface area contributed by atoms with Crippen LogP contribution in [0.5, 0.6) is 0 Å². The number of rotatable bonds is 4. The van der Waals surface area contributed by atoms with Crippen molar-refractivity contribution >= 4 is 23.1 Å². The number of aromatic nitrogens is 2. The maximum absolute atomic E-state index is 11.7. The van der Waals surface area contributed by atoms with Crippen LogP contribution in [0.15, 0.2) is 23.6 Å². The van der Waals surface area contributed by atoms with Crippen molar-refractivity contribution in [2.75, 3.05) is 12.4 Å². The van der Waals surface area contributed by atoms with Crippen molar-refractivity contribution in [1.82, 2.24) is 14.9 Å². The Bertz CT molecular complexity index is 539. The largest absolute Gasteiger partial charge is 0.379 e. The Morgan fingerprint density at radius 3 is 2.94 bits per heavy atom. The summed E-state index contributed by atoms with van der Waals surface area (Å²) < 4.78 is 3.80. The molecule has 5 nitrogen and oxygen atoms in total. The van der Waals surface area contributed by atoms with Crippen LogP contribution in [0, 0.1) is 6.92 Å². The van der Waals surface area contributed by atoms with Gasteiger partial charge in [0.1, 0.15) is 0 Å². The number of hydrogen-bond acceptors (Lipinski definition) is 5. The van der Waals surface area contributed by atoms with Crippen molar-refractivity contribution in [3.05, 3.63) is 40.4 Å². The van der Waals surface area contributed by atoms with E-state index in [1.807, 2.05) is 30.5 Å². The first-order chi connectivity index (χ1) is 8.72. The summed E-state index contributed by atoms with van der Waals surface area (Å²) in [5.41, 5.74) is 3.44. The average Bonchev–Trinajstić information content (AvgIpc) is 2.90. The van der Waals surface area contributed by atoms with E-state index in [1.165, 1.54) is 11.5 Å². The third-order valence-corrected chi connectivity index (χ3v) is 3.22. The van der Waals surface area contributed by atoms with Gasteiger partial charge in [-0.05, 0) is 36.2 Å². The van der Waals surface area contributed by atoms with Gasteiger partial charge in [-0.15, -0.1) is 5.10 Å². The number of nitrogens with one attached hydrogen (secondary N) is 2. The molecule has 2 rings (SSSR count). The number of hydrogen-bond donors (Lipinski definition) is 2. The van der Waals surface area contributed by atoms with Gasteiger partial charge < -0.3 is 10.6 Å². The molecule has 6 heteroatoms. The first-order valence-electron chi connectivity index (χ1n) is 5.54. The quantitative estimate of drug-likeness (QED) is 0.882. The molecule has 1 heterocycles. The molecule has 94 valence electrons. The maximum Gasteiger partial charge on any atom is 0.251 e. The summed E-state index contributed by atoms with van der Waals surface area (Å²) in [6, 6.07) is 5.62. The second-order valence-corrected chi connectivity index (χ2v) is 4.42. The van der Waals surface area contributed by atoms with E-state index in [2.05, 4.69) is 20.2 Å². The smallest absolute Gasteiger partial charge is 0.251 e. The van der Waals surface area contributed by atoms with Crippen molar-refractivity contribution in [2.24, 2.45) is 0 Å². The number of amides is 1. The van der Waals surface area contributed by atoms with Gasteiger partial charge in [-0.2, -0.15) is 0 Å². The van der Waals surface area contributed by atoms with Gasteiger partial charge in [0.25, 0.3) is 5.91 Å². The maximum atomic E-state index is 11.7. The molecule has 0 aliphatic carbocycles. The minimum atomic E-state index is -0.0773. The van der Waals surface area contributed by atoms with Crippen LogP contribution in [0.2, 0.25) is 0 Å². The third-order valence-electron chi connectivity index (χ3n) is 2.67. The molecule has 1 aromatic heterocycles. The molecule has 2 aromatic rings. The second-order valence-electron chi connectivity index (χ2n) is 3.81. The number of anilines is 1. The molecule has 0 unspecified atom stereocenters. The van der Waals surface area contributed by atoms with Crippen molar-refractivity contribution < 1.29 is 4.79 Å². The molecule has 18 heavy (non-hydrogen) atoms. The van der Waals surface area contributed by atoms with Crippen molar-refractivity contribution in [3.63, 3.8) is 0 Å². The summed E-state index contributed by atoms with van der Waals surface area (Å²) in [6.45, 7) is 2.53. The first kappa shape index (κ1) is 12.5. The Hall–Kier alpha value is -1.95. The fraction of sp³-hybridized carbons (Fsp3) is 0.250. The summed E-state index contributed by atoms with van der Waals surface area (Å²) in [6.07, 6.45) is 0. The lowest BCUT2D eigenvalue weighted by Crippen LogP contribution is -2.19. The molecule has 0 aliphatic heterocycles. The molecule has 1 aromatic carbocycles. The Balaban J connectivity index is 2.16. The normalized spacial score (nSPS) is 10.1. The number of carbonyl (C=O) groups is 1. The van der Waals surface area contributed by atoms with E-state index in [0.717, 1.165) is 16.9 Å². The van der Waals surface area contributed by atoms with Crippen molar-refractivity contribution in [1.29, 1.82) is 0 Å². The van der Waals surface area contributed by atoms with Gasteiger partial charge in [-0.25, -0.2) is 0 Å². The van der Waals surface area contributed by atoms with E-state index in [9.17, 15) is 4.79 Å². The summed E-state index contributed by atoms with van der Waals surface area (Å²) in [4.78, 5) is 11.7. The Morgan fingerprint density at radius 1 is 1.44 bits per heavy atom. The second kappa shape index (κ2) is 5.59. The Morgan fingerprint density at radius 2 is 2.28 bits per heavy atom. The van der Waals surface area contributed by atoms with E-state index in [1.54, 1.807) is 7.05 Å². The van der Waals surface area contributed by atoms with E-state index < -0.39 is 0 Å². The molecule has 2 N–H and O–H groups in total. The predicted octanol–water partition coefficient (Wildman–Crippen LogP) is 1.82. The van der Waals surface area contributed by atoms with Crippen LogP contribution in [0.3, 0.4) is 0 Å². The van der Waals surface area contributed by atoms with Crippen molar-refractivity contribution in [3.8, 4) is 0 Å². The lowest BCUT2D eigenvalue weighted by atomic mass is 10.1. The van der Waals surface area contributed by atoms with E-state index in [-0.39, 0.29) is 5.91 Å². The zero-order valence-corrected chi connectivity index (χ0v) is 11.0. The summed E-state index contributed by atoms with van der Waals surface area (Å²) >= 11 is 1.33. The predicted molar refractivity (Wildman–Crippen MR) is 71.8 cm³/mol. The first-order valence-corrected chi connectivity index (χ1v) is 6.37. The molecular weight excluding hydrogens is 248 g/mol. The summed E-state index contributed by atoms with van der Waals surface area (Å²) in [5, 5.41) is 11.7. The van der Waals surface area contributed by atoms with Crippen LogP contribution in [-0.2, 0) is 6.54 Å². The molecule has 0 spiro atoms. The van der Waals surface area contributed by atoms with Crippen LogP contribution in [0.1, 0.15) is 21.6 Å². The average molecular weight is 262 g/mol. The lowest BCUT2D eigenvalue weighted by Gasteiger charge is -2.11. The molecule has 0 fully saturated rings. The minimum Gasteiger partial charge on any atom is -0.379 e. The third kappa shape index (κ3) is 2.65. The number of nitrogens with zero attached hydrogens (tertiary/aromatic N) is 2. The molecule has 0 saturated carbocycles. The van der Waals surface area contributed by atoms with Gasteiger partial charge >= 0.3 is 0 Å². The SMILES string of the molecule is CNC(=O)c1cccc(NCc2csnn2)c1C. The van der Waals surface area contributed by atoms with Crippen LogP contribution in [0.4, 0.5) is 5.69 Å². The van der Waals surface area contributed by atoms with Gasteiger partial charge in [0.15, 0.2) is 0 Å². The number of carbonyl (C=O) groups excluding carboxylic acids is 1. The van der Waals surface area contributed by atoms with Gasteiger partial charge in [-0.1, -0.05) is 10.6 Å². The summed E-state index contributed by atoms with van der Waals surface area (Å²) in [5.74, 6) is -0.0773. The van der Waals surface area contributed by atoms with Crippen LogP contribution in [0.25, 0.3) is 0 Å². The lowest BCUT2D eigenvalue weighted by molar-refractivity contribution is 0.0962. The molecule has 1 amide bonds. The minimum absolute atomic E-state index is 0.0773. The fourth-order valence-electron chi connectivity index (χ4n) is 1.65. The molecular formula is C12H14N4OS. The standard InChI is InChI=1S/C12H14N4OS/c1-8-10(12(17)13-2)4-3-5-11(8)14-6-9-7-18-16-15-9/h3-5,7,14H,6H2,1-2H3,(H,13,17). The van der Waals surface area contributed by atoms with Crippen LogP contribution >= 0.6 is 11.5 Å². The van der Waals surface area contributed by atoms with Gasteiger partial charge in [0, 0.05) is 23.7 Å². The zero-order chi connectivity index (χ0) is 13.0. The molecule has 0 atom stereocenters. The summed E-state index contributed by atoms with van der Waals surface area (Å²) in [7, 11) is 1.63. The van der Waals surface area contributed by atoms with Crippen LogP contribution < -0.4 is 10.6 Å². The Kier molecular flexibility index (Phi) is 3.88. The molecule has 0 radical (unpaired) electrons. The fourth-order valence-corrected chi connectivity index (χ4v) is 2.11. The molecule has 0 saturated heterocycles. The van der Waals surface area contributed by atoms with Crippen molar-refractivity contribution in [2.45, 2.75) is 13.5 Å². The molecule has 0 bridgehead atoms. The highest BCUT2D eigenvalue weighted by Crippen LogP contribution is 2.19. The van der Waals surface area contributed by atoms with Crippen LogP contribution in [-0.4, -0.2) is 22.5 Å². The topological polar surface area (TPSA) is 66.9 Å². The Labute approximate surface area is 109 Å². The highest BCUT2D eigenvalue weighted by Gasteiger charge is 2.09. The highest BCUT2D eigenvalue weighted by atomic mass is 32.1. The van der Waals surface area contributed by atoms with Gasteiger partial charge in [-0.3, -0.25) is 4.79 Å².